The van der Waals surface area contributed by atoms with Gasteiger partial charge >= 0.3 is 13.2 Å². The first kappa shape index (κ1) is 22.8. The Labute approximate surface area is 189 Å². The van der Waals surface area contributed by atoms with E-state index < -0.39 is 12.7 Å². The highest BCUT2D eigenvalue weighted by atomic mass is 16.7. The number of carbonyl (C=O) groups is 1. The standard InChI is InChI=1S/C23H32BN3O5/c1-21(2,3)30-20(28)27-14-8-9-17(27)19-26-25-18(29-19)15-10-12-16(13-11-15)24-31-22(4,5)23(6,7)32-24/h10-13,17H,8-9,14H2,1-7H3. The Bertz CT molecular complexity index is 964. The van der Waals surface area contributed by atoms with Gasteiger partial charge in [0.15, 0.2) is 0 Å². The summed E-state index contributed by atoms with van der Waals surface area (Å²) in [5.74, 6) is 0.843. The van der Waals surface area contributed by atoms with Gasteiger partial charge in [-0.25, -0.2) is 4.79 Å². The van der Waals surface area contributed by atoms with E-state index in [0.29, 0.717) is 18.3 Å². The number of likely N-dealkylation sites (tertiary alicyclic amines) is 1. The van der Waals surface area contributed by atoms with Crippen LogP contribution in [0, 0.1) is 0 Å². The van der Waals surface area contributed by atoms with E-state index in [9.17, 15) is 4.79 Å². The van der Waals surface area contributed by atoms with Crippen molar-refractivity contribution in [2.75, 3.05) is 6.54 Å². The summed E-state index contributed by atoms with van der Waals surface area (Å²) < 4.78 is 23.7. The van der Waals surface area contributed by atoms with Crippen LogP contribution >= 0.6 is 0 Å². The van der Waals surface area contributed by atoms with Crippen LogP contribution in [-0.2, 0) is 14.0 Å². The Morgan fingerprint density at radius 3 is 2.31 bits per heavy atom. The van der Waals surface area contributed by atoms with Crippen LogP contribution in [-0.4, -0.2) is 51.7 Å². The van der Waals surface area contributed by atoms with E-state index in [-0.39, 0.29) is 23.3 Å². The molecule has 9 heteroatoms. The summed E-state index contributed by atoms with van der Waals surface area (Å²) in [5, 5.41) is 8.44. The van der Waals surface area contributed by atoms with Crippen LogP contribution in [0.2, 0.25) is 0 Å². The number of hydrogen-bond acceptors (Lipinski definition) is 7. The number of aromatic nitrogens is 2. The number of amides is 1. The number of nitrogens with zero attached hydrogens (tertiary/aromatic N) is 3. The summed E-state index contributed by atoms with van der Waals surface area (Å²) in [6, 6.07) is 7.46. The number of benzene rings is 1. The minimum absolute atomic E-state index is 0.268. The molecule has 0 spiro atoms. The smallest absolute Gasteiger partial charge is 0.444 e. The van der Waals surface area contributed by atoms with Crippen molar-refractivity contribution in [2.24, 2.45) is 0 Å². The van der Waals surface area contributed by atoms with Crippen molar-refractivity contribution in [3.05, 3.63) is 30.2 Å². The molecule has 3 heterocycles. The minimum Gasteiger partial charge on any atom is -0.444 e. The normalized spacial score (nSPS) is 22.4. The first-order valence-electron chi connectivity index (χ1n) is 11.2. The van der Waals surface area contributed by atoms with Crippen LogP contribution in [0.3, 0.4) is 0 Å². The summed E-state index contributed by atoms with van der Waals surface area (Å²) in [5.41, 5.74) is 0.395. The van der Waals surface area contributed by atoms with Gasteiger partial charge in [-0.2, -0.15) is 0 Å². The van der Waals surface area contributed by atoms with Gasteiger partial charge in [-0.1, -0.05) is 12.1 Å². The summed E-state index contributed by atoms with van der Waals surface area (Å²) >= 11 is 0. The lowest BCUT2D eigenvalue weighted by Gasteiger charge is -2.32. The van der Waals surface area contributed by atoms with Crippen molar-refractivity contribution in [3.63, 3.8) is 0 Å². The molecule has 1 unspecified atom stereocenters. The number of ether oxygens (including phenoxy) is 1. The van der Waals surface area contributed by atoms with Gasteiger partial charge in [0.1, 0.15) is 11.6 Å². The number of carbonyl (C=O) groups excluding carboxylic acids is 1. The first-order valence-corrected chi connectivity index (χ1v) is 11.2. The van der Waals surface area contributed by atoms with Crippen LogP contribution < -0.4 is 5.46 Å². The molecule has 0 radical (unpaired) electrons. The lowest BCUT2D eigenvalue weighted by Crippen LogP contribution is -2.41. The highest BCUT2D eigenvalue weighted by Crippen LogP contribution is 2.37. The zero-order chi connectivity index (χ0) is 23.3. The zero-order valence-corrected chi connectivity index (χ0v) is 20.0. The lowest BCUT2D eigenvalue weighted by molar-refractivity contribution is 0.00578. The molecule has 0 bridgehead atoms. The molecule has 1 amide bonds. The minimum atomic E-state index is -0.552. The fourth-order valence-corrected chi connectivity index (χ4v) is 3.81. The van der Waals surface area contributed by atoms with Crippen LogP contribution in [0.4, 0.5) is 4.79 Å². The molecule has 0 saturated carbocycles. The summed E-state index contributed by atoms with van der Waals surface area (Å²) in [6.07, 6.45) is 1.28. The van der Waals surface area contributed by atoms with Crippen molar-refractivity contribution < 1.29 is 23.3 Å². The molecule has 2 aliphatic heterocycles. The van der Waals surface area contributed by atoms with E-state index in [4.69, 9.17) is 18.5 Å². The highest BCUT2D eigenvalue weighted by molar-refractivity contribution is 6.62. The van der Waals surface area contributed by atoms with E-state index in [1.807, 2.05) is 72.7 Å². The van der Waals surface area contributed by atoms with E-state index in [0.717, 1.165) is 23.9 Å². The topological polar surface area (TPSA) is 86.9 Å². The Kier molecular flexibility index (Phi) is 5.62. The molecular weight excluding hydrogens is 409 g/mol. The molecule has 2 saturated heterocycles. The van der Waals surface area contributed by atoms with Crippen molar-refractivity contribution in [3.8, 4) is 11.5 Å². The molecule has 32 heavy (non-hydrogen) atoms. The van der Waals surface area contributed by atoms with Crippen LogP contribution in [0.1, 0.15) is 73.2 Å². The van der Waals surface area contributed by atoms with E-state index in [1.165, 1.54) is 0 Å². The van der Waals surface area contributed by atoms with E-state index >= 15 is 0 Å². The van der Waals surface area contributed by atoms with Gasteiger partial charge in [0, 0.05) is 12.1 Å². The Balaban J connectivity index is 1.48. The van der Waals surface area contributed by atoms with Crippen molar-refractivity contribution >= 4 is 18.7 Å². The SMILES string of the molecule is CC(C)(C)OC(=O)N1CCCC1c1nnc(-c2ccc(B3OC(C)(C)C(C)(C)O3)cc2)o1. The second kappa shape index (κ2) is 7.88. The molecule has 8 nitrogen and oxygen atoms in total. The van der Waals surface area contributed by atoms with Crippen molar-refractivity contribution in [1.82, 2.24) is 15.1 Å². The Morgan fingerprint density at radius 2 is 1.72 bits per heavy atom. The number of hydrogen-bond donors (Lipinski definition) is 0. The zero-order valence-electron chi connectivity index (χ0n) is 20.0. The van der Waals surface area contributed by atoms with Gasteiger partial charge in [-0.15, -0.1) is 10.2 Å². The third-order valence-corrected chi connectivity index (χ3v) is 6.29. The van der Waals surface area contributed by atoms with Crippen molar-refractivity contribution in [1.29, 1.82) is 0 Å². The Morgan fingerprint density at radius 1 is 1.09 bits per heavy atom. The molecule has 4 rings (SSSR count). The number of rotatable bonds is 3. The Hall–Kier alpha value is -2.39. The molecule has 2 fully saturated rings. The largest absolute Gasteiger partial charge is 0.494 e. The summed E-state index contributed by atoms with van der Waals surface area (Å²) in [4.78, 5) is 14.2. The predicted molar refractivity (Wildman–Crippen MR) is 120 cm³/mol. The fraction of sp³-hybridized carbons (Fsp3) is 0.609. The molecule has 2 aliphatic rings. The molecule has 2 aromatic rings. The van der Waals surface area contributed by atoms with Gasteiger partial charge < -0.3 is 18.5 Å². The second-order valence-electron chi connectivity index (χ2n) is 10.5. The lowest BCUT2D eigenvalue weighted by atomic mass is 9.79. The maximum absolute atomic E-state index is 12.6. The maximum Gasteiger partial charge on any atom is 0.494 e. The first-order chi connectivity index (χ1) is 14.9. The predicted octanol–water partition coefficient (Wildman–Crippen LogP) is 4.11. The monoisotopic (exact) mass is 441 g/mol. The van der Waals surface area contributed by atoms with Crippen LogP contribution in [0.25, 0.3) is 11.5 Å². The maximum atomic E-state index is 12.6. The van der Waals surface area contributed by atoms with Crippen LogP contribution in [0.15, 0.2) is 28.7 Å². The van der Waals surface area contributed by atoms with Gasteiger partial charge in [0.25, 0.3) is 0 Å². The highest BCUT2D eigenvalue weighted by Gasteiger charge is 2.51. The van der Waals surface area contributed by atoms with Gasteiger partial charge in [0.05, 0.1) is 11.2 Å². The summed E-state index contributed by atoms with van der Waals surface area (Å²) in [6.45, 7) is 14.3. The summed E-state index contributed by atoms with van der Waals surface area (Å²) in [7, 11) is -0.423. The van der Waals surface area contributed by atoms with Crippen LogP contribution in [0.5, 0.6) is 0 Å². The molecule has 1 aromatic carbocycles. The van der Waals surface area contributed by atoms with E-state index in [1.54, 1.807) is 4.90 Å². The second-order valence-corrected chi connectivity index (χ2v) is 10.5. The van der Waals surface area contributed by atoms with Crippen molar-refractivity contribution in [2.45, 2.75) is 84.2 Å². The molecule has 1 aromatic heterocycles. The van der Waals surface area contributed by atoms with Gasteiger partial charge in [-0.3, -0.25) is 4.90 Å². The molecular formula is C23H32BN3O5. The molecule has 172 valence electrons. The van der Waals surface area contributed by atoms with E-state index in [2.05, 4.69) is 10.2 Å². The average Bonchev–Trinajstić information content (AvgIpc) is 3.38. The third-order valence-electron chi connectivity index (χ3n) is 6.29. The van der Waals surface area contributed by atoms with Gasteiger partial charge in [-0.05, 0) is 78.9 Å². The third kappa shape index (κ3) is 4.41. The molecule has 0 N–H and O–H groups in total. The quantitative estimate of drug-likeness (QED) is 0.663. The molecule has 0 aliphatic carbocycles. The van der Waals surface area contributed by atoms with Gasteiger partial charge in [0.2, 0.25) is 11.8 Å². The molecule has 1 atom stereocenters. The average molecular weight is 441 g/mol. The fourth-order valence-electron chi connectivity index (χ4n) is 3.81.